The summed E-state index contributed by atoms with van der Waals surface area (Å²) in [5.41, 5.74) is 2.02. The second kappa shape index (κ2) is 4.78. The first-order valence-electron chi connectivity index (χ1n) is 5.38. The number of nitrogens with zero attached hydrogens (tertiary/aromatic N) is 1. The molecule has 0 fully saturated rings. The maximum atomic E-state index is 11.0. The monoisotopic (exact) mass is 263 g/mol. The lowest BCUT2D eigenvalue weighted by molar-refractivity contribution is 0.0692. The molecule has 2 aromatic rings. The SMILES string of the molecule is COc1nc(-c2cc(C)c(C)s2)ccc1C(=O)O. The van der Waals surface area contributed by atoms with E-state index in [9.17, 15) is 4.79 Å². The zero-order valence-electron chi connectivity index (χ0n) is 10.4. The van der Waals surface area contributed by atoms with Gasteiger partial charge < -0.3 is 9.84 Å². The van der Waals surface area contributed by atoms with Crippen LogP contribution in [-0.2, 0) is 0 Å². The van der Waals surface area contributed by atoms with Gasteiger partial charge in [-0.05, 0) is 37.6 Å². The fraction of sp³-hybridized carbons (Fsp3) is 0.231. The van der Waals surface area contributed by atoms with Crippen LogP contribution in [0.3, 0.4) is 0 Å². The predicted molar refractivity (Wildman–Crippen MR) is 70.5 cm³/mol. The minimum Gasteiger partial charge on any atom is -0.480 e. The van der Waals surface area contributed by atoms with Crippen LogP contribution in [0.2, 0.25) is 0 Å². The van der Waals surface area contributed by atoms with E-state index in [-0.39, 0.29) is 11.4 Å². The van der Waals surface area contributed by atoms with Crippen LogP contribution in [0.25, 0.3) is 10.6 Å². The Kier molecular flexibility index (Phi) is 3.34. The van der Waals surface area contributed by atoms with E-state index in [0.717, 1.165) is 10.6 Å². The molecule has 94 valence electrons. The highest BCUT2D eigenvalue weighted by Crippen LogP contribution is 2.31. The van der Waals surface area contributed by atoms with Crippen molar-refractivity contribution >= 4 is 17.3 Å². The van der Waals surface area contributed by atoms with E-state index in [1.54, 1.807) is 17.4 Å². The summed E-state index contributed by atoms with van der Waals surface area (Å²) in [7, 11) is 1.42. The summed E-state index contributed by atoms with van der Waals surface area (Å²) in [6.45, 7) is 4.09. The molecule has 0 amide bonds. The molecule has 18 heavy (non-hydrogen) atoms. The first kappa shape index (κ1) is 12.6. The normalized spacial score (nSPS) is 10.4. The van der Waals surface area contributed by atoms with Crippen LogP contribution in [-0.4, -0.2) is 23.2 Å². The zero-order valence-corrected chi connectivity index (χ0v) is 11.2. The molecule has 4 nitrogen and oxygen atoms in total. The molecular formula is C13H13NO3S. The molecule has 0 bridgehead atoms. The van der Waals surface area contributed by atoms with Crippen LogP contribution in [0.4, 0.5) is 0 Å². The summed E-state index contributed by atoms with van der Waals surface area (Å²) in [6, 6.07) is 5.27. The van der Waals surface area contributed by atoms with Crippen molar-refractivity contribution in [2.24, 2.45) is 0 Å². The minimum atomic E-state index is -1.04. The maximum absolute atomic E-state index is 11.0. The van der Waals surface area contributed by atoms with Crippen molar-refractivity contribution < 1.29 is 14.6 Å². The first-order valence-corrected chi connectivity index (χ1v) is 6.20. The van der Waals surface area contributed by atoms with Crippen LogP contribution < -0.4 is 4.74 Å². The molecular weight excluding hydrogens is 250 g/mol. The Bertz CT molecular complexity index is 585. The van der Waals surface area contributed by atoms with E-state index in [4.69, 9.17) is 9.84 Å². The third-order valence-corrected chi connectivity index (χ3v) is 3.88. The fourth-order valence-electron chi connectivity index (χ4n) is 1.60. The number of methoxy groups -OCH3 is 1. The Morgan fingerprint density at radius 1 is 1.39 bits per heavy atom. The largest absolute Gasteiger partial charge is 0.480 e. The molecule has 5 heteroatoms. The minimum absolute atomic E-state index is 0.0752. The number of carboxylic acid groups (broad SMARTS) is 1. The molecule has 2 rings (SSSR count). The number of thiophene rings is 1. The van der Waals surface area contributed by atoms with Crippen molar-refractivity contribution in [1.29, 1.82) is 0 Å². The highest BCUT2D eigenvalue weighted by Gasteiger charge is 2.14. The average molecular weight is 263 g/mol. The van der Waals surface area contributed by atoms with Crippen LogP contribution in [0.15, 0.2) is 18.2 Å². The molecule has 0 unspecified atom stereocenters. The molecule has 0 aromatic carbocycles. The van der Waals surface area contributed by atoms with Gasteiger partial charge in [-0.15, -0.1) is 11.3 Å². The van der Waals surface area contributed by atoms with Gasteiger partial charge in [-0.1, -0.05) is 0 Å². The molecule has 0 saturated carbocycles. The highest BCUT2D eigenvalue weighted by atomic mass is 32.1. The topological polar surface area (TPSA) is 59.4 Å². The molecule has 2 aromatic heterocycles. The summed E-state index contributed by atoms with van der Waals surface area (Å²) in [4.78, 5) is 17.5. The van der Waals surface area contributed by atoms with Crippen molar-refractivity contribution in [3.8, 4) is 16.5 Å². The highest BCUT2D eigenvalue weighted by molar-refractivity contribution is 7.15. The summed E-state index contributed by atoms with van der Waals surface area (Å²) < 4.78 is 5.02. The molecule has 0 aliphatic heterocycles. The molecule has 1 N–H and O–H groups in total. The number of carboxylic acids is 1. The van der Waals surface area contributed by atoms with Gasteiger partial charge in [-0.2, -0.15) is 0 Å². The third kappa shape index (κ3) is 2.22. The number of carbonyl (C=O) groups is 1. The van der Waals surface area contributed by atoms with Crippen LogP contribution >= 0.6 is 11.3 Å². The molecule has 0 radical (unpaired) electrons. The van der Waals surface area contributed by atoms with E-state index in [1.807, 2.05) is 19.9 Å². The van der Waals surface area contributed by atoms with Gasteiger partial charge in [0.2, 0.25) is 5.88 Å². The molecule has 0 aliphatic carbocycles. The Hall–Kier alpha value is -1.88. The number of hydrogen-bond donors (Lipinski definition) is 1. The number of aromatic nitrogens is 1. The summed E-state index contributed by atoms with van der Waals surface area (Å²) in [6.07, 6.45) is 0. The Morgan fingerprint density at radius 3 is 2.61 bits per heavy atom. The van der Waals surface area contributed by atoms with Gasteiger partial charge in [0.05, 0.1) is 17.7 Å². The lowest BCUT2D eigenvalue weighted by Gasteiger charge is -2.05. The summed E-state index contributed by atoms with van der Waals surface area (Å²) in [5, 5.41) is 8.99. The second-order valence-electron chi connectivity index (χ2n) is 3.91. The van der Waals surface area contributed by atoms with Crippen molar-refractivity contribution in [1.82, 2.24) is 4.98 Å². The van der Waals surface area contributed by atoms with Gasteiger partial charge in [0.25, 0.3) is 0 Å². The van der Waals surface area contributed by atoms with Crippen molar-refractivity contribution in [2.45, 2.75) is 13.8 Å². The molecule has 0 aliphatic rings. The summed E-state index contributed by atoms with van der Waals surface area (Å²) >= 11 is 1.64. The van der Waals surface area contributed by atoms with Gasteiger partial charge in [-0.3, -0.25) is 0 Å². The van der Waals surface area contributed by atoms with Crippen LogP contribution in [0, 0.1) is 13.8 Å². The van der Waals surface area contributed by atoms with E-state index in [2.05, 4.69) is 4.98 Å². The standard InChI is InChI=1S/C13H13NO3S/c1-7-6-11(18-8(7)2)10-5-4-9(13(15)16)12(14-10)17-3/h4-6H,1-3H3,(H,15,16). The number of aryl methyl sites for hydroxylation is 2. The fourth-order valence-corrected chi connectivity index (χ4v) is 2.60. The van der Waals surface area contributed by atoms with Gasteiger partial charge >= 0.3 is 5.97 Å². The second-order valence-corrected chi connectivity index (χ2v) is 5.16. The summed E-state index contributed by atoms with van der Waals surface area (Å²) in [5.74, 6) is -0.895. The smallest absolute Gasteiger partial charge is 0.341 e. The molecule has 0 saturated heterocycles. The Morgan fingerprint density at radius 2 is 2.11 bits per heavy atom. The Balaban J connectivity index is 2.50. The van der Waals surface area contributed by atoms with Crippen molar-refractivity contribution in [2.75, 3.05) is 7.11 Å². The van der Waals surface area contributed by atoms with E-state index in [1.165, 1.54) is 23.6 Å². The lowest BCUT2D eigenvalue weighted by Crippen LogP contribution is -2.02. The van der Waals surface area contributed by atoms with Crippen LogP contribution in [0.5, 0.6) is 5.88 Å². The number of rotatable bonds is 3. The van der Waals surface area contributed by atoms with Gasteiger partial charge in [0.15, 0.2) is 0 Å². The number of hydrogen-bond acceptors (Lipinski definition) is 4. The van der Waals surface area contributed by atoms with E-state index >= 15 is 0 Å². The van der Waals surface area contributed by atoms with Crippen molar-refractivity contribution in [3.05, 3.63) is 34.2 Å². The van der Waals surface area contributed by atoms with Gasteiger partial charge in [0.1, 0.15) is 5.56 Å². The predicted octanol–water partition coefficient (Wildman–Crippen LogP) is 3.13. The number of aromatic carboxylic acids is 1. The van der Waals surface area contributed by atoms with Crippen LogP contribution in [0.1, 0.15) is 20.8 Å². The van der Waals surface area contributed by atoms with Gasteiger partial charge in [0, 0.05) is 4.88 Å². The van der Waals surface area contributed by atoms with E-state index < -0.39 is 5.97 Å². The average Bonchev–Trinajstić information content (AvgIpc) is 2.68. The van der Waals surface area contributed by atoms with E-state index in [0.29, 0.717) is 0 Å². The number of ether oxygens (including phenoxy) is 1. The molecule has 0 atom stereocenters. The quantitative estimate of drug-likeness (QED) is 0.924. The number of pyridine rings is 1. The third-order valence-electron chi connectivity index (χ3n) is 2.70. The first-order chi connectivity index (χ1) is 8.52. The molecule has 2 heterocycles. The maximum Gasteiger partial charge on any atom is 0.341 e. The lowest BCUT2D eigenvalue weighted by atomic mass is 10.2. The zero-order chi connectivity index (χ0) is 13.3. The van der Waals surface area contributed by atoms with Gasteiger partial charge in [-0.25, -0.2) is 9.78 Å². The Labute approximate surface area is 109 Å². The molecule has 0 spiro atoms. The van der Waals surface area contributed by atoms with Crippen molar-refractivity contribution in [3.63, 3.8) is 0 Å².